The van der Waals surface area contributed by atoms with Crippen molar-refractivity contribution in [1.29, 1.82) is 0 Å². The van der Waals surface area contributed by atoms with Crippen molar-refractivity contribution in [2.75, 3.05) is 4.90 Å². The van der Waals surface area contributed by atoms with E-state index in [1.165, 1.54) is 61.1 Å². The number of benzene rings is 7. The first-order chi connectivity index (χ1) is 23.6. The third-order valence-corrected chi connectivity index (χ3v) is 10.4. The predicted molar refractivity (Wildman–Crippen MR) is 200 cm³/mol. The molecule has 7 aromatic carbocycles. The van der Waals surface area contributed by atoms with Gasteiger partial charge in [-0.05, 0) is 89.0 Å². The minimum atomic E-state index is -0.199. The van der Waals surface area contributed by atoms with E-state index in [0.717, 1.165) is 27.6 Å². The van der Waals surface area contributed by atoms with Gasteiger partial charge in [-0.3, -0.25) is 0 Å². The van der Waals surface area contributed by atoms with Crippen molar-refractivity contribution < 1.29 is 4.42 Å². The largest absolute Gasteiger partial charge is 0.456 e. The molecule has 0 amide bonds. The Hall–Kier alpha value is -6.06. The van der Waals surface area contributed by atoms with Gasteiger partial charge in [0.15, 0.2) is 0 Å². The highest BCUT2D eigenvalue weighted by atomic mass is 16.3. The molecule has 3 heterocycles. The van der Waals surface area contributed by atoms with Gasteiger partial charge < -0.3 is 13.9 Å². The molecule has 0 unspecified atom stereocenters. The quantitative estimate of drug-likeness (QED) is 0.197. The lowest BCUT2D eigenvalue weighted by atomic mass is 9.73. The molecule has 0 aliphatic carbocycles. The highest BCUT2D eigenvalue weighted by Gasteiger charge is 2.37. The zero-order valence-corrected chi connectivity index (χ0v) is 26.8. The number of nitrogens with zero attached hydrogens (tertiary/aromatic N) is 2. The number of anilines is 3. The van der Waals surface area contributed by atoms with Gasteiger partial charge in [-0.2, -0.15) is 0 Å². The summed E-state index contributed by atoms with van der Waals surface area (Å²) in [6, 6.07) is 57.0. The van der Waals surface area contributed by atoms with Crippen LogP contribution in [0.3, 0.4) is 0 Å². The second-order valence-corrected chi connectivity index (χ2v) is 13.4. The summed E-state index contributed by atoms with van der Waals surface area (Å²) >= 11 is 0. The molecule has 0 atom stereocenters. The normalized spacial score (nSPS) is 13.8. The fourth-order valence-electron chi connectivity index (χ4n) is 8.02. The summed E-state index contributed by atoms with van der Waals surface area (Å²) in [6.45, 7) is 4.70. The van der Waals surface area contributed by atoms with Gasteiger partial charge in [0.1, 0.15) is 11.2 Å². The average Bonchev–Trinajstić information content (AvgIpc) is 3.67. The van der Waals surface area contributed by atoms with E-state index >= 15 is 0 Å². The monoisotopic (exact) mass is 616 g/mol. The smallest absolute Gasteiger partial charge is 0.137 e. The number of furan rings is 1. The third-order valence-electron chi connectivity index (χ3n) is 10.4. The lowest BCUT2D eigenvalue weighted by molar-refractivity contribution is 0.632. The fourth-order valence-corrected chi connectivity index (χ4v) is 8.02. The molecule has 228 valence electrons. The molecule has 10 rings (SSSR count). The van der Waals surface area contributed by atoms with Crippen molar-refractivity contribution in [3.63, 3.8) is 0 Å². The van der Waals surface area contributed by atoms with Crippen LogP contribution in [0.2, 0.25) is 0 Å². The molecular formula is C45H32N2O. The molecule has 0 N–H and O–H groups in total. The maximum atomic E-state index is 6.34. The van der Waals surface area contributed by atoms with Gasteiger partial charge >= 0.3 is 0 Å². The van der Waals surface area contributed by atoms with Crippen LogP contribution >= 0.6 is 0 Å². The van der Waals surface area contributed by atoms with E-state index in [9.17, 15) is 0 Å². The van der Waals surface area contributed by atoms with Crippen molar-refractivity contribution in [2.24, 2.45) is 0 Å². The van der Waals surface area contributed by atoms with Crippen molar-refractivity contribution in [2.45, 2.75) is 19.3 Å². The zero-order chi connectivity index (χ0) is 32.0. The standard InChI is InChI=1S/C45H32N2O/c1-45(2)37-16-8-10-18-41(37)47(32-22-23-35-34-15-7-11-19-43(34)48-44(35)28-32)42-25-21-30(27-38(42)45)29-20-24-40-36(26-29)33-14-6-9-17-39(33)46(40)31-12-4-3-5-13-31/h3-28H,1-2H3. The first-order valence-corrected chi connectivity index (χ1v) is 16.6. The highest BCUT2D eigenvalue weighted by Crippen LogP contribution is 2.53. The molecule has 1 aliphatic rings. The Morgan fingerprint density at radius 3 is 2.00 bits per heavy atom. The second-order valence-electron chi connectivity index (χ2n) is 13.4. The van der Waals surface area contributed by atoms with Gasteiger partial charge in [0, 0.05) is 44.4 Å². The Labute approximate surface area is 278 Å². The summed E-state index contributed by atoms with van der Waals surface area (Å²) in [5.74, 6) is 0. The predicted octanol–water partition coefficient (Wildman–Crippen LogP) is 12.5. The van der Waals surface area contributed by atoms with E-state index in [-0.39, 0.29) is 5.41 Å². The van der Waals surface area contributed by atoms with Crippen LogP contribution < -0.4 is 4.90 Å². The Kier molecular flexibility index (Phi) is 5.63. The van der Waals surface area contributed by atoms with Gasteiger partial charge in [0.05, 0.1) is 22.4 Å². The summed E-state index contributed by atoms with van der Waals surface area (Å²) in [5, 5.41) is 4.81. The lowest BCUT2D eigenvalue weighted by Crippen LogP contribution is -2.30. The highest BCUT2D eigenvalue weighted by molar-refractivity contribution is 6.10. The molecule has 48 heavy (non-hydrogen) atoms. The molecule has 3 heteroatoms. The summed E-state index contributed by atoms with van der Waals surface area (Å²) in [4.78, 5) is 2.41. The van der Waals surface area contributed by atoms with E-state index in [1.54, 1.807) is 0 Å². The SMILES string of the molecule is CC1(C)c2ccccc2N(c2ccc3c(c2)oc2ccccc23)c2ccc(-c3ccc4c(c3)c3ccccc3n4-c3ccccc3)cc21. The lowest BCUT2D eigenvalue weighted by Gasteiger charge is -2.42. The van der Waals surface area contributed by atoms with E-state index in [4.69, 9.17) is 4.42 Å². The Balaban J connectivity index is 1.15. The maximum absolute atomic E-state index is 6.34. The van der Waals surface area contributed by atoms with Crippen LogP contribution in [-0.4, -0.2) is 4.57 Å². The number of hydrogen-bond donors (Lipinski definition) is 0. The van der Waals surface area contributed by atoms with Crippen LogP contribution in [0.15, 0.2) is 162 Å². The van der Waals surface area contributed by atoms with E-state index in [2.05, 4.69) is 169 Å². The topological polar surface area (TPSA) is 21.3 Å². The van der Waals surface area contributed by atoms with E-state index in [1.807, 2.05) is 12.1 Å². The van der Waals surface area contributed by atoms with Gasteiger partial charge in [0.25, 0.3) is 0 Å². The molecule has 2 aromatic heterocycles. The first kappa shape index (κ1) is 27.1. The van der Waals surface area contributed by atoms with Gasteiger partial charge in [-0.1, -0.05) is 98.8 Å². The third kappa shape index (κ3) is 3.82. The van der Waals surface area contributed by atoms with Gasteiger partial charge in [-0.15, -0.1) is 0 Å². The summed E-state index contributed by atoms with van der Waals surface area (Å²) in [7, 11) is 0. The van der Waals surface area contributed by atoms with Gasteiger partial charge in [0.2, 0.25) is 0 Å². The summed E-state index contributed by atoms with van der Waals surface area (Å²) < 4.78 is 8.72. The minimum Gasteiger partial charge on any atom is -0.456 e. The van der Waals surface area contributed by atoms with Crippen LogP contribution in [0.25, 0.3) is 60.6 Å². The molecule has 9 aromatic rings. The molecular weight excluding hydrogens is 585 g/mol. The molecule has 0 saturated carbocycles. The number of para-hydroxylation sites is 4. The molecule has 1 aliphatic heterocycles. The zero-order valence-electron chi connectivity index (χ0n) is 26.8. The van der Waals surface area contributed by atoms with E-state index in [0.29, 0.717) is 0 Å². The van der Waals surface area contributed by atoms with Crippen LogP contribution in [0.5, 0.6) is 0 Å². The Bertz CT molecular complexity index is 2710. The van der Waals surface area contributed by atoms with Crippen LogP contribution in [0.1, 0.15) is 25.0 Å². The van der Waals surface area contributed by atoms with Crippen molar-refractivity contribution in [3.8, 4) is 16.8 Å². The van der Waals surface area contributed by atoms with Crippen LogP contribution in [0, 0.1) is 0 Å². The number of rotatable bonds is 3. The fraction of sp³-hybridized carbons (Fsp3) is 0.0667. The Morgan fingerprint density at radius 2 is 1.10 bits per heavy atom. The Morgan fingerprint density at radius 1 is 0.438 bits per heavy atom. The van der Waals surface area contributed by atoms with Crippen molar-refractivity contribution in [1.82, 2.24) is 4.57 Å². The second kappa shape index (κ2) is 9.97. The molecule has 3 nitrogen and oxygen atoms in total. The van der Waals surface area contributed by atoms with Crippen LogP contribution in [-0.2, 0) is 5.41 Å². The maximum Gasteiger partial charge on any atom is 0.137 e. The average molecular weight is 617 g/mol. The molecule has 0 radical (unpaired) electrons. The first-order valence-electron chi connectivity index (χ1n) is 16.6. The molecule has 0 fully saturated rings. The molecule has 0 bridgehead atoms. The molecule has 0 spiro atoms. The summed E-state index contributed by atoms with van der Waals surface area (Å²) in [5.41, 5.74) is 13.7. The van der Waals surface area contributed by atoms with Crippen molar-refractivity contribution >= 4 is 60.8 Å². The molecule has 0 saturated heterocycles. The van der Waals surface area contributed by atoms with Crippen LogP contribution in [0.4, 0.5) is 17.1 Å². The summed E-state index contributed by atoms with van der Waals surface area (Å²) in [6.07, 6.45) is 0. The van der Waals surface area contributed by atoms with Gasteiger partial charge in [-0.25, -0.2) is 0 Å². The number of aromatic nitrogens is 1. The minimum absolute atomic E-state index is 0.199. The number of hydrogen-bond acceptors (Lipinski definition) is 2. The number of fused-ring (bicyclic) bond motifs is 8. The van der Waals surface area contributed by atoms with E-state index < -0.39 is 0 Å². The van der Waals surface area contributed by atoms with Crippen molar-refractivity contribution in [3.05, 3.63) is 169 Å².